The van der Waals surface area contributed by atoms with Crippen LogP contribution in [0.15, 0.2) is 18.2 Å². The second-order valence-corrected chi connectivity index (χ2v) is 5.41. The Labute approximate surface area is 125 Å². The summed E-state index contributed by atoms with van der Waals surface area (Å²) in [4.78, 5) is 11.9. The van der Waals surface area contributed by atoms with E-state index in [9.17, 15) is 9.18 Å². The maximum absolute atomic E-state index is 13.6. The van der Waals surface area contributed by atoms with E-state index in [1.165, 1.54) is 12.1 Å². The number of halogens is 2. The molecular weight excluding hydrogens is 283 g/mol. The molecule has 0 radical (unpaired) electrons. The summed E-state index contributed by atoms with van der Waals surface area (Å²) in [6, 6.07) is 3.62. The van der Waals surface area contributed by atoms with E-state index in [2.05, 4.69) is 5.32 Å². The van der Waals surface area contributed by atoms with E-state index in [4.69, 9.17) is 10.5 Å². The normalized spacial score (nSPS) is 12.3. The number of rotatable bonds is 4. The molecule has 0 aromatic heterocycles. The summed E-state index contributed by atoms with van der Waals surface area (Å²) in [5.74, 6) is -0.680. The number of hydrogen-bond acceptors (Lipinski definition) is 3. The van der Waals surface area contributed by atoms with Gasteiger partial charge in [0.2, 0.25) is 5.91 Å². The van der Waals surface area contributed by atoms with Gasteiger partial charge in [0.1, 0.15) is 0 Å². The van der Waals surface area contributed by atoms with Crippen molar-refractivity contribution in [1.82, 2.24) is 0 Å². The van der Waals surface area contributed by atoms with Crippen molar-refractivity contribution < 1.29 is 13.9 Å². The molecule has 0 aliphatic carbocycles. The molecule has 0 spiro atoms. The molecule has 1 amide bonds. The molecule has 0 aliphatic rings. The molecule has 0 heterocycles. The van der Waals surface area contributed by atoms with Crippen molar-refractivity contribution in [3.63, 3.8) is 0 Å². The van der Waals surface area contributed by atoms with Crippen LogP contribution in [-0.4, -0.2) is 18.6 Å². The first-order valence-corrected chi connectivity index (χ1v) is 6.24. The van der Waals surface area contributed by atoms with Crippen molar-refractivity contribution in [3.05, 3.63) is 24.0 Å². The van der Waals surface area contributed by atoms with Crippen LogP contribution < -0.4 is 15.8 Å². The van der Waals surface area contributed by atoms with Crippen molar-refractivity contribution in [1.29, 1.82) is 0 Å². The zero-order valence-electron chi connectivity index (χ0n) is 12.2. The summed E-state index contributed by atoms with van der Waals surface area (Å²) in [6.45, 7) is 7.77. The lowest BCUT2D eigenvalue weighted by molar-refractivity contribution is -0.119. The molecule has 0 saturated heterocycles. The third-order valence-corrected chi connectivity index (χ3v) is 2.71. The molecule has 114 valence electrons. The molecule has 0 saturated carbocycles. The fourth-order valence-electron chi connectivity index (χ4n) is 1.46. The Hall–Kier alpha value is -1.33. The van der Waals surface area contributed by atoms with Gasteiger partial charge in [0.25, 0.3) is 0 Å². The first-order chi connectivity index (χ1) is 8.75. The van der Waals surface area contributed by atoms with Crippen LogP contribution in [0.25, 0.3) is 0 Å². The maximum Gasteiger partial charge on any atom is 0.241 e. The van der Waals surface area contributed by atoms with Gasteiger partial charge in [-0.3, -0.25) is 4.79 Å². The second-order valence-electron chi connectivity index (χ2n) is 5.41. The lowest BCUT2D eigenvalue weighted by atomic mass is 9.87. The van der Waals surface area contributed by atoms with Gasteiger partial charge in [0, 0.05) is 11.8 Å². The minimum absolute atomic E-state index is 0. The number of nitrogens with two attached hydrogens (primary N) is 1. The van der Waals surface area contributed by atoms with Crippen LogP contribution in [0.4, 0.5) is 10.1 Å². The summed E-state index contributed by atoms with van der Waals surface area (Å²) >= 11 is 0. The molecular formula is C14H22ClFN2O2. The molecule has 4 nitrogen and oxygen atoms in total. The van der Waals surface area contributed by atoms with Gasteiger partial charge in [-0.15, -0.1) is 12.4 Å². The lowest BCUT2D eigenvalue weighted by Crippen LogP contribution is -2.45. The van der Waals surface area contributed by atoms with E-state index in [1.807, 2.05) is 20.8 Å². The molecule has 1 aromatic carbocycles. The Morgan fingerprint density at radius 3 is 2.50 bits per heavy atom. The summed E-state index contributed by atoms with van der Waals surface area (Å²) in [7, 11) is 0. The minimum atomic E-state index is -0.665. The zero-order valence-corrected chi connectivity index (χ0v) is 13.0. The third-order valence-electron chi connectivity index (χ3n) is 2.71. The standard InChI is InChI=1S/C14H21FN2O2.ClH/c1-5-19-11-7-6-9(8-10(11)15)17-13(18)12(16)14(2,3)4;/h6-8,12H,5,16H2,1-4H3,(H,17,18);1H/t12-;/m1./s1. The molecule has 6 heteroatoms. The molecule has 1 atom stereocenters. The van der Waals surface area contributed by atoms with Crippen molar-refractivity contribution in [3.8, 4) is 5.75 Å². The molecule has 0 fully saturated rings. The zero-order chi connectivity index (χ0) is 14.6. The molecule has 0 unspecified atom stereocenters. The van der Waals surface area contributed by atoms with Crippen LogP contribution in [0, 0.1) is 11.2 Å². The number of nitrogens with one attached hydrogen (secondary N) is 1. The summed E-state index contributed by atoms with van der Waals surface area (Å²) in [6.07, 6.45) is 0. The summed E-state index contributed by atoms with van der Waals surface area (Å²) in [5, 5.41) is 2.60. The van der Waals surface area contributed by atoms with E-state index in [0.29, 0.717) is 12.3 Å². The fourth-order valence-corrected chi connectivity index (χ4v) is 1.46. The van der Waals surface area contributed by atoms with Crippen LogP contribution in [-0.2, 0) is 4.79 Å². The number of carbonyl (C=O) groups is 1. The van der Waals surface area contributed by atoms with Crippen molar-refractivity contribution >= 4 is 24.0 Å². The Kier molecular flexibility index (Phi) is 6.96. The van der Waals surface area contributed by atoms with Crippen molar-refractivity contribution in [2.24, 2.45) is 11.1 Å². The predicted octanol–water partition coefficient (Wildman–Crippen LogP) is 2.96. The van der Waals surface area contributed by atoms with Gasteiger partial charge in [-0.25, -0.2) is 4.39 Å². The number of amides is 1. The summed E-state index contributed by atoms with van der Waals surface area (Å²) < 4.78 is 18.7. The van der Waals surface area contributed by atoms with E-state index in [1.54, 1.807) is 13.0 Å². The Bertz CT molecular complexity index is 461. The van der Waals surface area contributed by atoms with Crippen LogP contribution in [0.1, 0.15) is 27.7 Å². The Morgan fingerprint density at radius 2 is 2.05 bits per heavy atom. The highest BCUT2D eigenvalue weighted by Crippen LogP contribution is 2.23. The first kappa shape index (κ1) is 18.7. The largest absolute Gasteiger partial charge is 0.491 e. The number of anilines is 1. The van der Waals surface area contributed by atoms with Gasteiger partial charge in [-0.2, -0.15) is 0 Å². The smallest absolute Gasteiger partial charge is 0.241 e. The third kappa shape index (κ3) is 4.98. The van der Waals surface area contributed by atoms with E-state index in [-0.39, 0.29) is 29.5 Å². The van der Waals surface area contributed by atoms with Gasteiger partial charge in [0.15, 0.2) is 11.6 Å². The van der Waals surface area contributed by atoms with Gasteiger partial charge >= 0.3 is 0 Å². The SMILES string of the molecule is CCOc1ccc(NC(=O)[C@@H](N)C(C)(C)C)cc1F.Cl. The fraction of sp³-hybridized carbons (Fsp3) is 0.500. The van der Waals surface area contributed by atoms with Gasteiger partial charge < -0.3 is 15.8 Å². The van der Waals surface area contributed by atoms with E-state index >= 15 is 0 Å². The Morgan fingerprint density at radius 1 is 1.45 bits per heavy atom. The predicted molar refractivity (Wildman–Crippen MR) is 80.9 cm³/mol. The highest BCUT2D eigenvalue weighted by molar-refractivity contribution is 5.95. The molecule has 0 aliphatic heterocycles. The van der Waals surface area contributed by atoms with Gasteiger partial charge in [-0.05, 0) is 24.5 Å². The first-order valence-electron chi connectivity index (χ1n) is 6.24. The second kappa shape index (κ2) is 7.45. The Balaban J connectivity index is 0.00000361. The molecule has 3 N–H and O–H groups in total. The average molecular weight is 305 g/mol. The van der Waals surface area contributed by atoms with Gasteiger partial charge in [0.05, 0.1) is 12.6 Å². The maximum atomic E-state index is 13.6. The van der Waals surface area contributed by atoms with E-state index in [0.717, 1.165) is 0 Å². The quantitative estimate of drug-likeness (QED) is 0.899. The van der Waals surface area contributed by atoms with Crippen LogP contribution >= 0.6 is 12.4 Å². The number of benzene rings is 1. The minimum Gasteiger partial charge on any atom is -0.491 e. The summed E-state index contributed by atoms with van der Waals surface area (Å²) in [5.41, 5.74) is 5.84. The number of hydrogen-bond donors (Lipinski definition) is 2. The van der Waals surface area contributed by atoms with Crippen LogP contribution in [0.3, 0.4) is 0 Å². The number of ether oxygens (including phenoxy) is 1. The molecule has 20 heavy (non-hydrogen) atoms. The van der Waals surface area contributed by atoms with Crippen molar-refractivity contribution in [2.45, 2.75) is 33.7 Å². The van der Waals surface area contributed by atoms with Crippen molar-refractivity contribution in [2.75, 3.05) is 11.9 Å². The van der Waals surface area contributed by atoms with Crippen LogP contribution in [0.5, 0.6) is 5.75 Å². The number of carbonyl (C=O) groups excluding carboxylic acids is 1. The molecule has 1 rings (SSSR count). The molecule has 1 aromatic rings. The monoisotopic (exact) mass is 304 g/mol. The topological polar surface area (TPSA) is 64.3 Å². The van der Waals surface area contributed by atoms with Gasteiger partial charge in [-0.1, -0.05) is 20.8 Å². The van der Waals surface area contributed by atoms with E-state index < -0.39 is 11.9 Å². The lowest BCUT2D eigenvalue weighted by Gasteiger charge is -2.25. The molecule has 0 bridgehead atoms. The van der Waals surface area contributed by atoms with Crippen LogP contribution in [0.2, 0.25) is 0 Å². The highest BCUT2D eigenvalue weighted by Gasteiger charge is 2.27. The average Bonchev–Trinajstić information content (AvgIpc) is 2.30. The highest BCUT2D eigenvalue weighted by atomic mass is 35.5.